The molecule has 7 nitrogen and oxygen atoms in total. The summed E-state index contributed by atoms with van der Waals surface area (Å²) in [5.41, 5.74) is 0.318. The minimum absolute atomic E-state index is 0.0467. The van der Waals surface area contributed by atoms with Gasteiger partial charge in [0.25, 0.3) is 0 Å². The molecule has 0 bridgehead atoms. The maximum Gasteiger partial charge on any atom is 0.339 e. The van der Waals surface area contributed by atoms with Gasteiger partial charge in [0.2, 0.25) is 5.91 Å². The predicted octanol–water partition coefficient (Wildman–Crippen LogP) is 1.45. The Bertz CT molecular complexity index is 562. The van der Waals surface area contributed by atoms with Crippen LogP contribution < -0.4 is 16.0 Å². The van der Waals surface area contributed by atoms with Crippen LogP contribution in [-0.2, 0) is 4.79 Å². The summed E-state index contributed by atoms with van der Waals surface area (Å²) in [4.78, 5) is 22.8. The molecule has 2 atom stereocenters. The lowest BCUT2D eigenvalue weighted by atomic mass is 10.0. The van der Waals surface area contributed by atoms with Gasteiger partial charge < -0.3 is 20.8 Å². The first kappa shape index (κ1) is 16.1. The Morgan fingerprint density at radius 1 is 1.45 bits per heavy atom. The summed E-state index contributed by atoms with van der Waals surface area (Å²) in [5.74, 6) is -1.54. The van der Waals surface area contributed by atoms with Crippen molar-refractivity contribution < 1.29 is 19.8 Å². The van der Waals surface area contributed by atoms with Gasteiger partial charge in [0, 0.05) is 18.2 Å². The molecule has 1 aliphatic rings. The van der Waals surface area contributed by atoms with Gasteiger partial charge in [-0.2, -0.15) is 0 Å². The largest absolute Gasteiger partial charge is 0.507 e. The van der Waals surface area contributed by atoms with E-state index < -0.39 is 12.3 Å². The second kappa shape index (κ2) is 7.13. The highest BCUT2D eigenvalue weighted by molar-refractivity contribution is 5.92. The van der Waals surface area contributed by atoms with Crippen LogP contribution in [0.4, 0.5) is 5.69 Å². The van der Waals surface area contributed by atoms with E-state index in [2.05, 4.69) is 22.9 Å². The molecule has 2 rings (SSSR count). The number of amides is 1. The highest BCUT2D eigenvalue weighted by Crippen LogP contribution is 2.22. The molecule has 7 heteroatoms. The molecule has 2 unspecified atom stereocenters. The van der Waals surface area contributed by atoms with Crippen molar-refractivity contribution >= 4 is 17.6 Å². The molecule has 120 valence electrons. The normalized spacial score (nSPS) is 21.2. The number of rotatable bonds is 6. The van der Waals surface area contributed by atoms with Gasteiger partial charge in [-0.25, -0.2) is 4.79 Å². The number of phenols is 1. The predicted molar refractivity (Wildman–Crippen MR) is 81.7 cm³/mol. The molecular formula is C15H21N3O4. The standard InChI is InChI=1S/C15H21N3O4/c1-2-3-4-9-8-13(20)18-15(16-9)17-10-5-6-12(19)11(7-10)14(21)22/h5-7,9,15-17,19H,2-4,8H2,1H3,(H,18,20)(H,21,22). The number of nitrogens with one attached hydrogen (secondary N) is 3. The molecule has 5 N–H and O–H groups in total. The lowest BCUT2D eigenvalue weighted by molar-refractivity contribution is -0.124. The van der Waals surface area contributed by atoms with E-state index in [-0.39, 0.29) is 23.3 Å². The molecule has 1 saturated heterocycles. The molecule has 1 amide bonds. The highest BCUT2D eigenvalue weighted by Gasteiger charge is 2.25. The SMILES string of the molecule is CCCCC1CC(=O)NC(Nc2ccc(O)c(C(=O)O)c2)N1. The van der Waals surface area contributed by atoms with E-state index in [9.17, 15) is 14.7 Å². The molecule has 0 radical (unpaired) electrons. The summed E-state index contributed by atoms with van der Waals surface area (Å²) in [5, 5.41) is 27.6. The smallest absolute Gasteiger partial charge is 0.339 e. The van der Waals surface area contributed by atoms with Gasteiger partial charge in [-0.05, 0) is 24.6 Å². The molecule has 0 spiro atoms. The lowest BCUT2D eigenvalue weighted by Crippen LogP contribution is -2.59. The van der Waals surface area contributed by atoms with Gasteiger partial charge >= 0.3 is 5.97 Å². The van der Waals surface area contributed by atoms with E-state index >= 15 is 0 Å². The molecule has 1 fully saturated rings. The summed E-state index contributed by atoms with van der Waals surface area (Å²) in [6, 6.07) is 4.31. The summed E-state index contributed by atoms with van der Waals surface area (Å²) in [7, 11) is 0. The first-order valence-corrected chi connectivity index (χ1v) is 7.38. The Labute approximate surface area is 128 Å². The summed E-state index contributed by atoms with van der Waals surface area (Å²) < 4.78 is 0. The number of hydrogen-bond acceptors (Lipinski definition) is 5. The second-order valence-electron chi connectivity index (χ2n) is 5.39. The molecule has 0 aromatic heterocycles. The van der Waals surface area contributed by atoms with Crippen LogP contribution in [0.2, 0.25) is 0 Å². The van der Waals surface area contributed by atoms with E-state index in [1.54, 1.807) is 6.07 Å². The highest BCUT2D eigenvalue weighted by atomic mass is 16.4. The number of carbonyl (C=O) groups excluding carboxylic acids is 1. The van der Waals surface area contributed by atoms with E-state index in [4.69, 9.17) is 5.11 Å². The van der Waals surface area contributed by atoms with Crippen LogP contribution in [0.5, 0.6) is 5.75 Å². The number of unbranched alkanes of at least 4 members (excludes halogenated alkanes) is 1. The number of aromatic hydroxyl groups is 1. The summed E-state index contributed by atoms with van der Waals surface area (Å²) in [6.07, 6.45) is 3.00. The average molecular weight is 307 g/mol. The van der Waals surface area contributed by atoms with Crippen molar-refractivity contribution in [2.24, 2.45) is 0 Å². The molecule has 0 aliphatic carbocycles. The maximum atomic E-state index is 11.7. The Balaban J connectivity index is 2.04. The number of hydrogen-bond donors (Lipinski definition) is 5. The van der Waals surface area contributed by atoms with E-state index in [0.717, 1.165) is 19.3 Å². The third kappa shape index (κ3) is 4.11. The first-order valence-electron chi connectivity index (χ1n) is 7.38. The number of carbonyl (C=O) groups is 2. The van der Waals surface area contributed by atoms with Crippen LogP contribution in [0.25, 0.3) is 0 Å². The average Bonchev–Trinajstić information content (AvgIpc) is 2.46. The summed E-state index contributed by atoms with van der Waals surface area (Å²) in [6.45, 7) is 2.10. The van der Waals surface area contributed by atoms with Crippen LogP contribution in [0.15, 0.2) is 18.2 Å². The van der Waals surface area contributed by atoms with Crippen molar-refractivity contribution in [3.63, 3.8) is 0 Å². The molecular weight excluding hydrogens is 286 g/mol. The molecule has 1 heterocycles. The van der Waals surface area contributed by atoms with Crippen LogP contribution in [0.3, 0.4) is 0 Å². The van der Waals surface area contributed by atoms with Gasteiger partial charge in [0.1, 0.15) is 11.3 Å². The quantitative estimate of drug-likeness (QED) is 0.509. The molecule has 0 saturated carbocycles. The van der Waals surface area contributed by atoms with E-state index in [1.165, 1.54) is 12.1 Å². The van der Waals surface area contributed by atoms with Crippen molar-refractivity contribution in [3.05, 3.63) is 23.8 Å². The van der Waals surface area contributed by atoms with Gasteiger partial charge in [-0.1, -0.05) is 19.8 Å². The van der Waals surface area contributed by atoms with Crippen molar-refractivity contribution in [2.45, 2.75) is 44.9 Å². The number of benzene rings is 1. The Morgan fingerprint density at radius 3 is 2.91 bits per heavy atom. The lowest BCUT2D eigenvalue weighted by Gasteiger charge is -2.32. The zero-order chi connectivity index (χ0) is 16.1. The van der Waals surface area contributed by atoms with Crippen LogP contribution in [0, 0.1) is 0 Å². The fourth-order valence-electron chi connectivity index (χ4n) is 2.46. The molecule has 22 heavy (non-hydrogen) atoms. The van der Waals surface area contributed by atoms with Gasteiger partial charge in [0.05, 0.1) is 0 Å². The number of carboxylic acid groups (broad SMARTS) is 1. The van der Waals surface area contributed by atoms with Gasteiger partial charge in [0.15, 0.2) is 6.29 Å². The van der Waals surface area contributed by atoms with Crippen molar-refractivity contribution in [2.75, 3.05) is 5.32 Å². The van der Waals surface area contributed by atoms with Gasteiger partial charge in [-0.15, -0.1) is 0 Å². The van der Waals surface area contributed by atoms with Crippen molar-refractivity contribution in [3.8, 4) is 5.75 Å². The minimum atomic E-state index is -1.21. The third-order valence-electron chi connectivity index (χ3n) is 3.58. The molecule has 1 aliphatic heterocycles. The summed E-state index contributed by atoms with van der Waals surface area (Å²) >= 11 is 0. The first-order chi connectivity index (χ1) is 10.5. The van der Waals surface area contributed by atoms with Crippen LogP contribution in [-0.4, -0.2) is 34.4 Å². The van der Waals surface area contributed by atoms with Crippen LogP contribution in [0.1, 0.15) is 43.0 Å². The second-order valence-corrected chi connectivity index (χ2v) is 5.39. The Kier molecular flexibility index (Phi) is 5.21. The van der Waals surface area contributed by atoms with E-state index in [1.807, 2.05) is 0 Å². The number of aromatic carboxylic acids is 1. The van der Waals surface area contributed by atoms with Gasteiger partial charge in [-0.3, -0.25) is 10.1 Å². The van der Waals surface area contributed by atoms with E-state index in [0.29, 0.717) is 12.1 Å². The zero-order valence-electron chi connectivity index (χ0n) is 12.4. The fraction of sp³-hybridized carbons (Fsp3) is 0.467. The maximum absolute atomic E-state index is 11.7. The van der Waals surface area contributed by atoms with Crippen molar-refractivity contribution in [1.29, 1.82) is 0 Å². The third-order valence-corrected chi connectivity index (χ3v) is 3.58. The zero-order valence-corrected chi connectivity index (χ0v) is 12.4. The topological polar surface area (TPSA) is 111 Å². The van der Waals surface area contributed by atoms with Crippen molar-refractivity contribution in [1.82, 2.24) is 10.6 Å². The minimum Gasteiger partial charge on any atom is -0.507 e. The molecule has 1 aromatic carbocycles. The van der Waals surface area contributed by atoms with Crippen LogP contribution >= 0.6 is 0 Å². The fourth-order valence-corrected chi connectivity index (χ4v) is 2.46. The number of anilines is 1. The Morgan fingerprint density at radius 2 is 2.23 bits per heavy atom. The number of carboxylic acids is 1. The monoisotopic (exact) mass is 307 g/mol. The Hall–Kier alpha value is -2.28. The molecule has 1 aromatic rings.